The fourth-order valence-electron chi connectivity index (χ4n) is 4.49. The molecule has 1 unspecified atom stereocenters. The molecule has 2 aromatic rings. The second kappa shape index (κ2) is 9.49. The summed E-state index contributed by atoms with van der Waals surface area (Å²) in [5, 5.41) is 4.54. The molecule has 5 nitrogen and oxygen atoms in total. The molecule has 2 saturated carbocycles. The van der Waals surface area contributed by atoms with Crippen LogP contribution in [0.3, 0.4) is 0 Å². The molecule has 0 saturated heterocycles. The van der Waals surface area contributed by atoms with Crippen molar-refractivity contribution in [3.05, 3.63) is 29.7 Å². The molecule has 4 rings (SSSR count). The lowest BCUT2D eigenvalue weighted by Crippen LogP contribution is -2.37. The van der Waals surface area contributed by atoms with E-state index in [1.54, 1.807) is 4.52 Å². The first-order chi connectivity index (χ1) is 14.4. The minimum absolute atomic E-state index is 0.0165. The average molecular weight is 439 g/mol. The van der Waals surface area contributed by atoms with Crippen molar-refractivity contribution in [3.63, 3.8) is 0 Å². The number of hydrogen-bond acceptors (Lipinski definition) is 4. The third-order valence-electron chi connectivity index (χ3n) is 6.65. The van der Waals surface area contributed by atoms with Gasteiger partial charge in [0.15, 0.2) is 5.65 Å². The number of aromatic nitrogens is 3. The fraction of sp³-hybridized carbons (Fsp3) is 0.727. The molecule has 0 aromatic carbocycles. The average Bonchev–Trinajstić information content (AvgIpc) is 3.07. The standard InChI is InChI=1S/C22H32F2N4OS/c1-2-3-11-30(29)27-21(17-5-4-6-17)18-13-20-26-19(15-28(20)25-14-18)12-16-7-9-22(23,24)10-8-16/h13-17,21,27H,2-12H2,1H3/t21?,30-/m0/s1. The Labute approximate surface area is 180 Å². The fourth-order valence-corrected chi connectivity index (χ4v) is 5.77. The summed E-state index contributed by atoms with van der Waals surface area (Å²) in [6.45, 7) is 2.10. The van der Waals surface area contributed by atoms with Crippen LogP contribution in [0.25, 0.3) is 5.65 Å². The lowest BCUT2D eigenvalue weighted by atomic mass is 9.78. The summed E-state index contributed by atoms with van der Waals surface area (Å²) < 4.78 is 44.4. The Morgan fingerprint density at radius 3 is 2.73 bits per heavy atom. The number of nitrogens with one attached hydrogen (secondary N) is 1. The van der Waals surface area contributed by atoms with Gasteiger partial charge >= 0.3 is 0 Å². The van der Waals surface area contributed by atoms with Crippen molar-refractivity contribution >= 4 is 17.0 Å². The molecule has 0 bridgehead atoms. The summed E-state index contributed by atoms with van der Waals surface area (Å²) in [5.74, 6) is -1.08. The number of unbranched alkanes of at least 4 members (excludes halogenated alkanes) is 1. The van der Waals surface area contributed by atoms with E-state index in [0.717, 1.165) is 49.0 Å². The van der Waals surface area contributed by atoms with Gasteiger partial charge in [0.25, 0.3) is 0 Å². The predicted octanol–water partition coefficient (Wildman–Crippen LogP) is 4.99. The van der Waals surface area contributed by atoms with E-state index in [1.807, 2.05) is 18.5 Å². The lowest BCUT2D eigenvalue weighted by molar-refractivity contribution is -0.0457. The number of hydrogen-bond donors (Lipinski definition) is 1. The molecule has 2 heterocycles. The molecular formula is C22H32F2N4OS. The molecular weight excluding hydrogens is 406 g/mol. The van der Waals surface area contributed by atoms with Crippen molar-refractivity contribution in [1.29, 1.82) is 0 Å². The Morgan fingerprint density at radius 2 is 2.07 bits per heavy atom. The summed E-state index contributed by atoms with van der Waals surface area (Å²) in [5.41, 5.74) is 2.72. The van der Waals surface area contributed by atoms with Gasteiger partial charge < -0.3 is 4.55 Å². The van der Waals surface area contributed by atoms with E-state index in [9.17, 15) is 13.3 Å². The minimum atomic E-state index is -2.49. The second-order valence-electron chi connectivity index (χ2n) is 9.02. The highest BCUT2D eigenvalue weighted by atomic mass is 32.2. The van der Waals surface area contributed by atoms with Crippen LogP contribution in [0.5, 0.6) is 0 Å². The highest BCUT2D eigenvalue weighted by Gasteiger charge is 2.35. The smallest absolute Gasteiger partial charge is 0.248 e. The first-order valence-corrected chi connectivity index (χ1v) is 12.6. The predicted molar refractivity (Wildman–Crippen MR) is 115 cm³/mol. The molecule has 0 spiro atoms. The molecule has 2 aliphatic carbocycles. The summed E-state index contributed by atoms with van der Waals surface area (Å²) in [7, 11) is 0. The van der Waals surface area contributed by atoms with Crippen molar-refractivity contribution in [2.45, 2.75) is 83.1 Å². The number of fused-ring (bicyclic) bond motifs is 1. The summed E-state index contributed by atoms with van der Waals surface area (Å²) in [6, 6.07) is 2.08. The SMILES string of the molecule is CCCC[S@+]([O-])NC(c1cnn2cc(CC3CCC(F)(F)CC3)nc2c1)C1CCC1. The van der Waals surface area contributed by atoms with Crippen LogP contribution in [0.2, 0.25) is 0 Å². The zero-order chi connectivity index (χ0) is 21.1. The van der Waals surface area contributed by atoms with Gasteiger partial charge in [-0.15, -0.1) is 4.72 Å². The maximum absolute atomic E-state index is 13.4. The zero-order valence-electron chi connectivity index (χ0n) is 17.7. The first-order valence-electron chi connectivity index (χ1n) is 11.3. The Bertz CT molecular complexity index is 832. The van der Waals surface area contributed by atoms with Crippen LogP contribution in [0, 0.1) is 11.8 Å². The van der Waals surface area contributed by atoms with Crippen LogP contribution in [0.1, 0.15) is 82.0 Å². The van der Waals surface area contributed by atoms with Crippen LogP contribution < -0.4 is 4.72 Å². The van der Waals surface area contributed by atoms with Crippen LogP contribution in [0.4, 0.5) is 8.78 Å². The molecule has 0 amide bonds. The molecule has 30 heavy (non-hydrogen) atoms. The number of halogens is 2. The van der Waals surface area contributed by atoms with E-state index < -0.39 is 17.3 Å². The minimum Gasteiger partial charge on any atom is -0.598 e. The largest absolute Gasteiger partial charge is 0.598 e. The molecule has 0 radical (unpaired) electrons. The molecule has 166 valence electrons. The Kier molecular flexibility index (Phi) is 6.95. The van der Waals surface area contributed by atoms with Crippen molar-refractivity contribution in [2.75, 3.05) is 5.75 Å². The quantitative estimate of drug-likeness (QED) is 0.560. The number of alkyl halides is 2. The molecule has 2 fully saturated rings. The highest BCUT2D eigenvalue weighted by Crippen LogP contribution is 2.39. The molecule has 2 aliphatic rings. The third kappa shape index (κ3) is 5.32. The van der Waals surface area contributed by atoms with E-state index >= 15 is 0 Å². The van der Waals surface area contributed by atoms with Gasteiger partial charge in [-0.2, -0.15) is 5.10 Å². The van der Waals surface area contributed by atoms with E-state index in [0.29, 0.717) is 24.5 Å². The van der Waals surface area contributed by atoms with Gasteiger partial charge in [0.1, 0.15) is 5.75 Å². The molecule has 2 atom stereocenters. The van der Waals surface area contributed by atoms with Crippen molar-refractivity contribution in [1.82, 2.24) is 19.3 Å². The topological polar surface area (TPSA) is 65.3 Å². The monoisotopic (exact) mass is 438 g/mol. The van der Waals surface area contributed by atoms with Gasteiger partial charge in [-0.25, -0.2) is 18.3 Å². The molecule has 8 heteroatoms. The van der Waals surface area contributed by atoms with E-state index in [2.05, 4.69) is 16.7 Å². The number of rotatable bonds is 9. The number of nitrogens with zero attached hydrogens (tertiary/aromatic N) is 3. The van der Waals surface area contributed by atoms with Crippen LogP contribution in [-0.2, 0) is 17.8 Å². The Morgan fingerprint density at radius 1 is 1.30 bits per heavy atom. The van der Waals surface area contributed by atoms with E-state index in [-0.39, 0.29) is 24.8 Å². The highest BCUT2D eigenvalue weighted by molar-refractivity contribution is 7.89. The lowest BCUT2D eigenvalue weighted by Gasteiger charge is -2.34. The second-order valence-corrected chi connectivity index (χ2v) is 10.4. The Balaban J connectivity index is 1.46. The summed E-state index contributed by atoms with van der Waals surface area (Å²) >= 11 is -1.04. The van der Waals surface area contributed by atoms with Crippen LogP contribution in [0.15, 0.2) is 18.5 Å². The van der Waals surface area contributed by atoms with Gasteiger partial charge in [-0.05, 0) is 62.0 Å². The summed E-state index contributed by atoms with van der Waals surface area (Å²) in [4.78, 5) is 4.73. The molecule has 1 N–H and O–H groups in total. The van der Waals surface area contributed by atoms with Gasteiger partial charge in [0.2, 0.25) is 5.92 Å². The van der Waals surface area contributed by atoms with Crippen LogP contribution >= 0.6 is 0 Å². The van der Waals surface area contributed by atoms with Gasteiger partial charge in [0, 0.05) is 24.2 Å². The molecule has 2 aromatic heterocycles. The maximum atomic E-state index is 13.4. The van der Waals surface area contributed by atoms with Crippen molar-refractivity contribution < 1.29 is 13.3 Å². The maximum Gasteiger partial charge on any atom is 0.248 e. The molecule has 0 aliphatic heterocycles. The normalized spacial score (nSPS) is 22.1. The van der Waals surface area contributed by atoms with Gasteiger partial charge in [0.05, 0.1) is 24.1 Å². The van der Waals surface area contributed by atoms with Crippen molar-refractivity contribution in [3.8, 4) is 0 Å². The number of imidazole rings is 1. The third-order valence-corrected chi connectivity index (χ3v) is 7.82. The first kappa shape index (κ1) is 22.0. The van der Waals surface area contributed by atoms with Crippen molar-refractivity contribution in [2.24, 2.45) is 11.8 Å². The van der Waals surface area contributed by atoms with Gasteiger partial charge in [-0.3, -0.25) is 0 Å². The summed E-state index contributed by atoms with van der Waals surface area (Å²) in [6.07, 6.45) is 11.0. The van der Waals surface area contributed by atoms with E-state index in [4.69, 9.17) is 4.98 Å². The van der Waals surface area contributed by atoms with Gasteiger partial charge in [-0.1, -0.05) is 19.8 Å². The van der Waals surface area contributed by atoms with Crippen LogP contribution in [-0.4, -0.2) is 30.8 Å². The van der Waals surface area contributed by atoms with E-state index in [1.165, 1.54) is 6.42 Å². The zero-order valence-corrected chi connectivity index (χ0v) is 18.5. The Hall–Kier alpha value is -1.25.